The fraction of sp³-hybridized carbons (Fsp3) is 0.476. The van der Waals surface area contributed by atoms with Gasteiger partial charge in [0.2, 0.25) is 0 Å². The van der Waals surface area contributed by atoms with E-state index in [2.05, 4.69) is 0 Å². The van der Waals surface area contributed by atoms with E-state index in [0.717, 1.165) is 11.1 Å². The third-order valence-electron chi connectivity index (χ3n) is 4.53. The molecule has 1 aromatic carbocycles. The van der Waals surface area contributed by atoms with E-state index in [1.807, 2.05) is 48.5 Å². The quantitative estimate of drug-likeness (QED) is 0.615. The lowest BCUT2D eigenvalue weighted by Gasteiger charge is -2.28. The SMILES string of the molecule is CCn1cc(C(=O)c2cc(C(C)(C)C)c(O)c(C(C)(C)C)c2)c(Cl)c1Cl. The first-order chi connectivity index (χ1) is 11.8. The lowest BCUT2D eigenvalue weighted by atomic mass is 9.78. The van der Waals surface area contributed by atoms with Crippen LogP contribution in [0.5, 0.6) is 5.75 Å². The first-order valence-corrected chi connectivity index (χ1v) is 9.51. The molecule has 0 fully saturated rings. The van der Waals surface area contributed by atoms with Crippen molar-refractivity contribution < 1.29 is 9.90 Å². The van der Waals surface area contributed by atoms with E-state index < -0.39 is 0 Å². The molecule has 1 N–H and O–H groups in total. The zero-order valence-electron chi connectivity index (χ0n) is 16.5. The number of nitrogens with zero attached hydrogens (tertiary/aromatic N) is 1. The highest BCUT2D eigenvalue weighted by molar-refractivity contribution is 6.44. The molecule has 26 heavy (non-hydrogen) atoms. The molecule has 0 saturated carbocycles. The number of ketones is 1. The van der Waals surface area contributed by atoms with Gasteiger partial charge in [-0.2, -0.15) is 0 Å². The summed E-state index contributed by atoms with van der Waals surface area (Å²) in [6.45, 7) is 14.6. The van der Waals surface area contributed by atoms with E-state index >= 15 is 0 Å². The molecule has 3 nitrogen and oxygen atoms in total. The second-order valence-electron chi connectivity index (χ2n) is 8.68. The molecule has 0 spiro atoms. The average molecular weight is 396 g/mol. The summed E-state index contributed by atoms with van der Waals surface area (Å²) in [7, 11) is 0. The van der Waals surface area contributed by atoms with Crippen LogP contribution in [-0.4, -0.2) is 15.5 Å². The third-order valence-corrected chi connectivity index (χ3v) is 5.41. The summed E-state index contributed by atoms with van der Waals surface area (Å²) in [5.74, 6) is 0.0527. The number of hydrogen-bond donors (Lipinski definition) is 1. The molecule has 0 saturated heterocycles. The summed E-state index contributed by atoms with van der Waals surface area (Å²) in [6, 6.07) is 3.53. The smallest absolute Gasteiger partial charge is 0.196 e. The Labute approximate surface area is 165 Å². The minimum atomic E-state index is -0.308. The Kier molecular flexibility index (Phi) is 5.56. The Hall–Kier alpha value is -1.45. The van der Waals surface area contributed by atoms with Gasteiger partial charge in [0.25, 0.3) is 0 Å². The Bertz CT molecular complexity index is 817. The number of hydrogen-bond acceptors (Lipinski definition) is 2. The van der Waals surface area contributed by atoms with Gasteiger partial charge in [-0.3, -0.25) is 4.79 Å². The van der Waals surface area contributed by atoms with Gasteiger partial charge in [-0.05, 0) is 29.9 Å². The predicted molar refractivity (Wildman–Crippen MR) is 109 cm³/mol. The number of phenolic OH excluding ortho intramolecular Hbond substituents is 1. The van der Waals surface area contributed by atoms with Crippen LogP contribution in [0.4, 0.5) is 0 Å². The summed E-state index contributed by atoms with van der Waals surface area (Å²) >= 11 is 12.5. The first kappa shape index (κ1) is 20.9. The number of benzene rings is 1. The second-order valence-corrected chi connectivity index (χ2v) is 9.42. The van der Waals surface area contributed by atoms with Gasteiger partial charge in [0.15, 0.2) is 5.78 Å². The summed E-state index contributed by atoms with van der Waals surface area (Å²) in [4.78, 5) is 13.2. The maximum Gasteiger partial charge on any atom is 0.196 e. The van der Waals surface area contributed by atoms with Gasteiger partial charge in [-0.25, -0.2) is 0 Å². The highest BCUT2D eigenvalue weighted by Gasteiger charge is 2.29. The molecule has 1 heterocycles. The van der Waals surface area contributed by atoms with Crippen molar-refractivity contribution in [1.29, 1.82) is 0 Å². The Morgan fingerprint density at radius 1 is 1.04 bits per heavy atom. The van der Waals surface area contributed by atoms with Gasteiger partial charge in [-0.15, -0.1) is 0 Å². The molecule has 0 unspecified atom stereocenters. The van der Waals surface area contributed by atoms with E-state index in [9.17, 15) is 9.90 Å². The molecule has 0 radical (unpaired) electrons. The molecule has 2 rings (SSSR count). The number of rotatable bonds is 3. The highest BCUT2D eigenvalue weighted by Crippen LogP contribution is 2.40. The number of phenols is 1. The predicted octanol–water partition coefficient (Wildman–Crippen LogP) is 6.35. The van der Waals surface area contributed by atoms with Crippen LogP contribution in [0.3, 0.4) is 0 Å². The maximum absolute atomic E-state index is 13.2. The summed E-state index contributed by atoms with van der Waals surface area (Å²) in [6.07, 6.45) is 1.69. The monoisotopic (exact) mass is 395 g/mol. The zero-order valence-corrected chi connectivity index (χ0v) is 18.0. The van der Waals surface area contributed by atoms with Crippen LogP contribution in [-0.2, 0) is 17.4 Å². The van der Waals surface area contributed by atoms with Gasteiger partial charge < -0.3 is 9.67 Å². The van der Waals surface area contributed by atoms with Crippen molar-refractivity contribution in [1.82, 2.24) is 4.57 Å². The Balaban J connectivity index is 2.72. The van der Waals surface area contributed by atoms with Crippen LogP contribution in [0, 0.1) is 0 Å². The molecule has 0 atom stereocenters. The lowest BCUT2D eigenvalue weighted by molar-refractivity contribution is 0.103. The molecule has 5 heteroatoms. The van der Waals surface area contributed by atoms with Crippen molar-refractivity contribution in [2.75, 3.05) is 0 Å². The average Bonchev–Trinajstić information content (AvgIpc) is 2.80. The molecule has 1 aromatic heterocycles. The minimum absolute atomic E-state index is 0.194. The second kappa shape index (κ2) is 6.94. The van der Waals surface area contributed by atoms with Crippen LogP contribution >= 0.6 is 23.2 Å². The topological polar surface area (TPSA) is 42.2 Å². The van der Waals surface area contributed by atoms with Gasteiger partial charge in [0.1, 0.15) is 10.9 Å². The van der Waals surface area contributed by atoms with E-state index in [1.54, 1.807) is 22.9 Å². The molecule has 0 amide bonds. The summed E-state index contributed by atoms with van der Waals surface area (Å²) in [5.41, 5.74) is 1.75. The van der Waals surface area contributed by atoms with Crippen LogP contribution in [0.1, 0.15) is 75.5 Å². The number of aromatic nitrogens is 1. The third kappa shape index (κ3) is 3.79. The lowest BCUT2D eigenvalue weighted by Crippen LogP contribution is -2.19. The van der Waals surface area contributed by atoms with Crippen molar-refractivity contribution in [3.63, 3.8) is 0 Å². The van der Waals surface area contributed by atoms with Crippen LogP contribution in [0.25, 0.3) is 0 Å². The Morgan fingerprint density at radius 2 is 1.50 bits per heavy atom. The molecular formula is C21H27Cl2NO2. The molecule has 2 aromatic rings. The van der Waals surface area contributed by atoms with Crippen LogP contribution < -0.4 is 0 Å². The van der Waals surface area contributed by atoms with Crippen molar-refractivity contribution >= 4 is 29.0 Å². The Morgan fingerprint density at radius 3 is 1.85 bits per heavy atom. The number of aromatic hydroxyl groups is 1. The number of aryl methyl sites for hydroxylation is 1. The summed E-state index contributed by atoms with van der Waals surface area (Å²) in [5, 5.41) is 11.4. The fourth-order valence-corrected chi connectivity index (χ4v) is 3.47. The molecule has 0 aliphatic heterocycles. The van der Waals surface area contributed by atoms with Crippen LogP contribution in [0.15, 0.2) is 18.3 Å². The minimum Gasteiger partial charge on any atom is -0.507 e. The highest BCUT2D eigenvalue weighted by atomic mass is 35.5. The van der Waals surface area contributed by atoms with Crippen molar-refractivity contribution in [2.24, 2.45) is 0 Å². The number of carbonyl (C=O) groups is 1. The summed E-state index contributed by atoms with van der Waals surface area (Å²) < 4.78 is 1.74. The van der Waals surface area contributed by atoms with Crippen molar-refractivity contribution in [3.05, 3.63) is 50.8 Å². The fourth-order valence-electron chi connectivity index (χ4n) is 2.96. The number of carbonyl (C=O) groups excluding carboxylic acids is 1. The normalized spacial score (nSPS) is 12.5. The van der Waals surface area contributed by atoms with Crippen LogP contribution in [0.2, 0.25) is 10.2 Å². The van der Waals surface area contributed by atoms with Crippen molar-refractivity contribution in [2.45, 2.75) is 65.8 Å². The number of halogens is 2. The van der Waals surface area contributed by atoms with Gasteiger partial charge in [0.05, 0.1) is 10.6 Å². The molecule has 142 valence electrons. The molecule has 0 aliphatic carbocycles. The van der Waals surface area contributed by atoms with E-state index in [1.165, 1.54) is 0 Å². The van der Waals surface area contributed by atoms with Gasteiger partial charge in [0, 0.05) is 29.4 Å². The van der Waals surface area contributed by atoms with Gasteiger partial charge in [-0.1, -0.05) is 64.7 Å². The standard InChI is InChI=1S/C21H27Cl2NO2/c1-8-24-11-13(16(22)19(24)23)17(25)12-9-14(20(2,3)4)18(26)15(10-12)21(5,6)7/h9-11,26H,8H2,1-7H3. The first-order valence-electron chi connectivity index (χ1n) is 8.75. The largest absolute Gasteiger partial charge is 0.507 e. The zero-order chi connectivity index (χ0) is 20.0. The van der Waals surface area contributed by atoms with Crippen molar-refractivity contribution in [3.8, 4) is 5.75 Å². The molecule has 0 aliphatic rings. The van der Waals surface area contributed by atoms with E-state index in [4.69, 9.17) is 23.2 Å². The van der Waals surface area contributed by atoms with Gasteiger partial charge >= 0.3 is 0 Å². The van der Waals surface area contributed by atoms with E-state index in [0.29, 0.717) is 22.8 Å². The van der Waals surface area contributed by atoms with E-state index in [-0.39, 0.29) is 27.4 Å². The molecular weight excluding hydrogens is 369 g/mol. The maximum atomic E-state index is 13.2. The molecule has 0 bridgehead atoms.